The number of aromatic amines is 1. The number of rotatable bonds is 4. The Morgan fingerprint density at radius 3 is 2.59 bits per heavy atom. The molecule has 1 aliphatic carbocycles. The molecule has 0 saturated heterocycles. The lowest BCUT2D eigenvalue weighted by Crippen LogP contribution is -2.37. The molecule has 134 valence electrons. The molecule has 0 bridgehead atoms. The molecule has 27 heavy (non-hydrogen) atoms. The molecule has 0 amide bonds. The molecule has 4 nitrogen and oxygen atoms in total. The Balaban J connectivity index is 1.61. The van der Waals surface area contributed by atoms with E-state index in [0.29, 0.717) is 0 Å². The molecule has 4 aromatic rings. The van der Waals surface area contributed by atoms with Crippen molar-refractivity contribution in [1.29, 1.82) is 0 Å². The fourth-order valence-corrected chi connectivity index (χ4v) is 4.56. The third-order valence-electron chi connectivity index (χ3n) is 5.79. The fourth-order valence-electron chi connectivity index (χ4n) is 4.56. The van der Waals surface area contributed by atoms with Gasteiger partial charge in [-0.2, -0.15) is 0 Å². The summed E-state index contributed by atoms with van der Waals surface area (Å²) in [5, 5.41) is 4.50. The molecule has 0 atom stereocenters. The minimum Gasteiger partial charge on any atom is -0.346 e. The highest BCUT2D eigenvalue weighted by atomic mass is 14.9. The van der Waals surface area contributed by atoms with Gasteiger partial charge >= 0.3 is 0 Å². The fraction of sp³-hybridized carbons (Fsp3) is 0.217. The first-order chi connectivity index (χ1) is 13.3. The van der Waals surface area contributed by atoms with Crippen LogP contribution >= 0.6 is 0 Å². The van der Waals surface area contributed by atoms with Gasteiger partial charge in [0.1, 0.15) is 12.0 Å². The molecule has 1 aliphatic rings. The van der Waals surface area contributed by atoms with Crippen LogP contribution < -0.4 is 5.32 Å². The topological polar surface area (TPSA) is 53.6 Å². The Morgan fingerprint density at radius 1 is 1.00 bits per heavy atom. The average molecular weight is 354 g/mol. The van der Waals surface area contributed by atoms with Crippen LogP contribution in [0, 0.1) is 0 Å². The largest absolute Gasteiger partial charge is 0.346 e. The summed E-state index contributed by atoms with van der Waals surface area (Å²) < 4.78 is 0. The number of likely N-dealkylation sites (N-methyl/N-ethyl adjacent to an activating group) is 1. The zero-order chi connectivity index (χ0) is 18.3. The maximum absolute atomic E-state index is 4.58. The third-order valence-corrected chi connectivity index (χ3v) is 5.79. The third kappa shape index (κ3) is 2.64. The van der Waals surface area contributed by atoms with E-state index >= 15 is 0 Å². The van der Waals surface area contributed by atoms with Crippen molar-refractivity contribution < 1.29 is 0 Å². The number of H-pyrrole nitrogens is 1. The zero-order valence-corrected chi connectivity index (χ0v) is 15.4. The molecule has 2 heterocycles. The van der Waals surface area contributed by atoms with E-state index in [9.17, 15) is 0 Å². The van der Waals surface area contributed by atoms with Crippen LogP contribution in [-0.2, 0) is 18.3 Å². The molecular weight excluding hydrogens is 332 g/mol. The van der Waals surface area contributed by atoms with Crippen molar-refractivity contribution in [2.75, 3.05) is 13.6 Å². The maximum atomic E-state index is 4.58. The maximum Gasteiger partial charge on any atom is 0.141 e. The highest BCUT2D eigenvalue weighted by Gasteiger charge is 2.38. The molecule has 5 rings (SSSR count). The number of fused-ring (bicyclic) bond motifs is 2. The molecule has 0 saturated carbocycles. The highest BCUT2D eigenvalue weighted by molar-refractivity contribution is 5.90. The van der Waals surface area contributed by atoms with Gasteiger partial charge in [-0.15, -0.1) is 0 Å². The van der Waals surface area contributed by atoms with Crippen LogP contribution in [0.4, 0.5) is 0 Å². The van der Waals surface area contributed by atoms with Crippen molar-refractivity contribution in [2.24, 2.45) is 0 Å². The summed E-state index contributed by atoms with van der Waals surface area (Å²) in [6.45, 7) is 0.953. The smallest absolute Gasteiger partial charge is 0.141 e. The van der Waals surface area contributed by atoms with E-state index in [4.69, 9.17) is 0 Å². The summed E-state index contributed by atoms with van der Waals surface area (Å²) in [6, 6.07) is 19.8. The van der Waals surface area contributed by atoms with E-state index in [1.807, 2.05) is 19.3 Å². The van der Waals surface area contributed by atoms with Gasteiger partial charge in [0.05, 0.1) is 5.69 Å². The van der Waals surface area contributed by atoms with Gasteiger partial charge in [0.2, 0.25) is 0 Å². The van der Waals surface area contributed by atoms with Gasteiger partial charge in [0.25, 0.3) is 0 Å². The van der Waals surface area contributed by atoms with Crippen LogP contribution in [0.2, 0.25) is 0 Å². The monoisotopic (exact) mass is 354 g/mol. The van der Waals surface area contributed by atoms with Crippen molar-refractivity contribution in [3.05, 3.63) is 83.8 Å². The Labute approximate surface area is 158 Å². The van der Waals surface area contributed by atoms with Crippen LogP contribution in [0.1, 0.15) is 16.7 Å². The number of nitrogens with zero attached hydrogens (tertiary/aromatic N) is 2. The molecule has 0 unspecified atom stereocenters. The quantitative estimate of drug-likeness (QED) is 0.585. The molecular formula is C23H22N4. The van der Waals surface area contributed by atoms with Gasteiger partial charge < -0.3 is 10.3 Å². The molecule has 4 heteroatoms. The summed E-state index contributed by atoms with van der Waals surface area (Å²) in [5.74, 6) is 0. The summed E-state index contributed by atoms with van der Waals surface area (Å²) in [7, 11) is 2.04. The van der Waals surface area contributed by atoms with E-state index in [1.54, 1.807) is 6.33 Å². The van der Waals surface area contributed by atoms with Crippen molar-refractivity contribution in [3.63, 3.8) is 0 Å². The second-order valence-corrected chi connectivity index (χ2v) is 7.48. The van der Waals surface area contributed by atoms with Crippen molar-refractivity contribution in [2.45, 2.75) is 18.3 Å². The Morgan fingerprint density at radius 2 is 1.81 bits per heavy atom. The van der Waals surface area contributed by atoms with Crippen molar-refractivity contribution >= 4 is 11.0 Å². The van der Waals surface area contributed by atoms with E-state index in [-0.39, 0.29) is 5.41 Å². The normalized spacial score (nSPS) is 15.1. The van der Waals surface area contributed by atoms with Crippen LogP contribution in [0.25, 0.3) is 22.3 Å². The van der Waals surface area contributed by atoms with Gasteiger partial charge in [-0.25, -0.2) is 9.97 Å². The predicted octanol–water partition coefficient (Wildman–Crippen LogP) is 3.88. The number of benzene rings is 2. The highest BCUT2D eigenvalue weighted by Crippen LogP contribution is 2.40. The van der Waals surface area contributed by atoms with Crippen molar-refractivity contribution in [1.82, 2.24) is 20.3 Å². The van der Waals surface area contributed by atoms with E-state index < -0.39 is 0 Å². The summed E-state index contributed by atoms with van der Waals surface area (Å²) in [4.78, 5) is 12.1. The number of nitrogens with one attached hydrogen (secondary N) is 2. The minimum absolute atomic E-state index is 0.0821. The number of aromatic nitrogens is 3. The number of hydrogen-bond acceptors (Lipinski definition) is 3. The minimum atomic E-state index is 0.0821. The van der Waals surface area contributed by atoms with Gasteiger partial charge in [0, 0.05) is 29.1 Å². The van der Waals surface area contributed by atoms with Gasteiger partial charge in [-0.05, 0) is 48.7 Å². The van der Waals surface area contributed by atoms with Crippen LogP contribution in [0.15, 0.2) is 67.1 Å². The van der Waals surface area contributed by atoms with Gasteiger partial charge in [-0.3, -0.25) is 0 Å². The van der Waals surface area contributed by atoms with E-state index in [1.165, 1.54) is 16.7 Å². The number of hydrogen-bond donors (Lipinski definition) is 2. The van der Waals surface area contributed by atoms with Crippen LogP contribution in [0.5, 0.6) is 0 Å². The average Bonchev–Trinajstić information content (AvgIpc) is 3.33. The Kier molecular flexibility index (Phi) is 3.80. The second-order valence-electron chi connectivity index (χ2n) is 7.48. The van der Waals surface area contributed by atoms with Crippen molar-refractivity contribution in [3.8, 4) is 11.3 Å². The molecule has 0 radical (unpaired) electrons. The first-order valence-corrected chi connectivity index (χ1v) is 9.39. The lowest BCUT2D eigenvalue weighted by molar-refractivity contribution is 0.430. The summed E-state index contributed by atoms with van der Waals surface area (Å²) >= 11 is 0. The molecule has 2 aromatic carbocycles. The van der Waals surface area contributed by atoms with Gasteiger partial charge in [-0.1, -0.05) is 42.5 Å². The molecule has 0 spiro atoms. The predicted molar refractivity (Wildman–Crippen MR) is 109 cm³/mol. The van der Waals surface area contributed by atoms with Gasteiger partial charge in [0.15, 0.2) is 0 Å². The van der Waals surface area contributed by atoms with E-state index in [0.717, 1.165) is 41.7 Å². The summed E-state index contributed by atoms with van der Waals surface area (Å²) in [5.41, 5.74) is 7.39. The zero-order valence-electron chi connectivity index (χ0n) is 15.4. The Bertz CT molecular complexity index is 1090. The standard InChI is InChI=1S/C23H22N4/c1-24-14-23(12-17-5-2-3-6-18(17)13-23)19-8-4-7-16(11-19)21-20-9-10-25-22(20)27-15-26-21/h2-11,15,24H,12-14H2,1H3,(H,25,26,27). The molecule has 2 aromatic heterocycles. The molecule has 2 N–H and O–H groups in total. The first-order valence-electron chi connectivity index (χ1n) is 9.39. The van der Waals surface area contributed by atoms with E-state index in [2.05, 4.69) is 68.8 Å². The second kappa shape index (κ2) is 6.32. The Hall–Kier alpha value is -2.98. The van der Waals surface area contributed by atoms with Crippen LogP contribution in [-0.4, -0.2) is 28.5 Å². The lowest BCUT2D eigenvalue weighted by Gasteiger charge is -2.30. The van der Waals surface area contributed by atoms with Crippen LogP contribution in [0.3, 0.4) is 0 Å². The lowest BCUT2D eigenvalue weighted by atomic mass is 9.77. The molecule has 0 fully saturated rings. The first kappa shape index (κ1) is 16.2. The molecule has 0 aliphatic heterocycles. The summed E-state index contributed by atoms with van der Waals surface area (Å²) in [6.07, 6.45) is 5.69. The SMILES string of the molecule is CNCC1(c2cccc(-c3ncnc4[nH]ccc34)c2)Cc2ccccc2C1.